The van der Waals surface area contributed by atoms with Crippen molar-refractivity contribution in [2.75, 3.05) is 6.61 Å². The van der Waals surface area contributed by atoms with E-state index in [0.717, 1.165) is 0 Å². The predicted molar refractivity (Wildman–Crippen MR) is 80.6 cm³/mol. The van der Waals surface area contributed by atoms with Crippen LogP contribution in [0.1, 0.15) is 20.3 Å². The van der Waals surface area contributed by atoms with E-state index in [1.165, 1.54) is 12.1 Å². The standard InChI is InChI=1S/C13H17BrN2O5/c1-8(2)15-12(13(17)18)3-4-21-11-6-9(14)5-10(7-11)16(19)20/h5-8,12,15H,3-4H2,1-2H3,(H,17,18). The molecule has 0 fully saturated rings. The lowest BCUT2D eigenvalue weighted by Crippen LogP contribution is -2.41. The van der Waals surface area contributed by atoms with Gasteiger partial charge in [-0.25, -0.2) is 0 Å². The first-order chi connectivity index (χ1) is 9.79. The van der Waals surface area contributed by atoms with E-state index in [-0.39, 0.29) is 24.8 Å². The second-order valence-corrected chi connectivity index (χ2v) is 5.67. The predicted octanol–water partition coefficient (Wildman–Crippen LogP) is 2.58. The second-order valence-electron chi connectivity index (χ2n) is 4.75. The molecule has 8 heteroatoms. The van der Waals surface area contributed by atoms with E-state index in [2.05, 4.69) is 21.2 Å². The van der Waals surface area contributed by atoms with Crippen molar-refractivity contribution < 1.29 is 19.6 Å². The summed E-state index contributed by atoms with van der Waals surface area (Å²) in [5.74, 6) is -0.628. The maximum absolute atomic E-state index is 11.1. The number of ether oxygens (including phenoxy) is 1. The Kier molecular flexibility index (Phi) is 6.57. The van der Waals surface area contributed by atoms with E-state index in [1.807, 2.05) is 13.8 Å². The lowest BCUT2D eigenvalue weighted by molar-refractivity contribution is -0.385. The molecule has 0 aliphatic heterocycles. The molecule has 1 atom stereocenters. The number of non-ortho nitro benzene ring substituents is 1. The highest BCUT2D eigenvalue weighted by Gasteiger charge is 2.18. The van der Waals surface area contributed by atoms with Crippen molar-refractivity contribution in [3.8, 4) is 5.75 Å². The molecular formula is C13H17BrN2O5. The Balaban J connectivity index is 2.62. The Morgan fingerprint density at radius 2 is 2.14 bits per heavy atom. The average Bonchev–Trinajstić information content (AvgIpc) is 2.36. The highest BCUT2D eigenvalue weighted by Crippen LogP contribution is 2.26. The Morgan fingerprint density at radius 1 is 1.48 bits per heavy atom. The van der Waals surface area contributed by atoms with Crippen LogP contribution >= 0.6 is 15.9 Å². The van der Waals surface area contributed by atoms with Crippen molar-refractivity contribution >= 4 is 27.6 Å². The van der Waals surface area contributed by atoms with Crippen molar-refractivity contribution in [1.29, 1.82) is 0 Å². The summed E-state index contributed by atoms with van der Waals surface area (Å²) in [6, 6.07) is 3.59. The first-order valence-electron chi connectivity index (χ1n) is 6.36. The zero-order chi connectivity index (χ0) is 16.0. The maximum Gasteiger partial charge on any atom is 0.320 e. The topological polar surface area (TPSA) is 102 Å². The molecule has 1 aromatic rings. The lowest BCUT2D eigenvalue weighted by atomic mass is 10.2. The Bertz CT molecular complexity index is 521. The lowest BCUT2D eigenvalue weighted by Gasteiger charge is -2.17. The number of carbonyl (C=O) groups is 1. The number of hydrogen-bond donors (Lipinski definition) is 2. The molecule has 116 valence electrons. The molecule has 0 heterocycles. The molecule has 0 saturated heterocycles. The smallest absolute Gasteiger partial charge is 0.320 e. The summed E-state index contributed by atoms with van der Waals surface area (Å²) in [7, 11) is 0. The third kappa shape index (κ3) is 6.09. The summed E-state index contributed by atoms with van der Waals surface area (Å²) < 4.78 is 5.93. The first-order valence-corrected chi connectivity index (χ1v) is 7.15. The van der Waals surface area contributed by atoms with Crippen LogP contribution < -0.4 is 10.1 Å². The molecule has 0 spiro atoms. The number of benzene rings is 1. The van der Waals surface area contributed by atoms with Gasteiger partial charge in [-0.3, -0.25) is 14.9 Å². The van der Waals surface area contributed by atoms with Crippen LogP contribution in [0.3, 0.4) is 0 Å². The minimum absolute atomic E-state index is 0.0399. The third-order valence-electron chi connectivity index (χ3n) is 2.57. The van der Waals surface area contributed by atoms with E-state index in [9.17, 15) is 14.9 Å². The minimum atomic E-state index is -0.951. The number of nitro benzene ring substituents is 1. The van der Waals surface area contributed by atoms with Gasteiger partial charge in [0, 0.05) is 23.0 Å². The van der Waals surface area contributed by atoms with Crippen LogP contribution in [0.2, 0.25) is 0 Å². The molecule has 0 aliphatic carbocycles. The fourth-order valence-electron chi connectivity index (χ4n) is 1.71. The van der Waals surface area contributed by atoms with Crippen molar-refractivity contribution in [2.45, 2.75) is 32.4 Å². The molecular weight excluding hydrogens is 344 g/mol. The van der Waals surface area contributed by atoms with Crippen molar-refractivity contribution in [3.05, 3.63) is 32.8 Å². The van der Waals surface area contributed by atoms with E-state index in [1.54, 1.807) is 6.07 Å². The van der Waals surface area contributed by atoms with Crippen molar-refractivity contribution in [3.63, 3.8) is 0 Å². The van der Waals surface area contributed by atoms with Gasteiger partial charge in [-0.05, 0) is 6.07 Å². The largest absolute Gasteiger partial charge is 0.493 e. The minimum Gasteiger partial charge on any atom is -0.493 e. The average molecular weight is 361 g/mol. The molecule has 0 aliphatic rings. The first kappa shape index (κ1) is 17.4. The number of nitrogens with one attached hydrogen (secondary N) is 1. The molecule has 21 heavy (non-hydrogen) atoms. The van der Waals surface area contributed by atoms with Gasteiger partial charge in [0.2, 0.25) is 0 Å². The number of carboxylic acids is 1. The van der Waals surface area contributed by atoms with E-state index in [4.69, 9.17) is 9.84 Å². The van der Waals surface area contributed by atoms with E-state index < -0.39 is 16.9 Å². The fraction of sp³-hybridized carbons (Fsp3) is 0.462. The number of carboxylic acid groups (broad SMARTS) is 1. The fourth-order valence-corrected chi connectivity index (χ4v) is 2.17. The maximum atomic E-state index is 11.1. The van der Waals surface area contributed by atoms with E-state index >= 15 is 0 Å². The zero-order valence-corrected chi connectivity index (χ0v) is 13.3. The van der Waals surface area contributed by atoms with Gasteiger partial charge in [-0.15, -0.1) is 0 Å². The number of halogens is 1. The SMILES string of the molecule is CC(C)NC(CCOc1cc(Br)cc([N+](=O)[O-])c1)C(=O)O. The van der Waals surface area contributed by atoms with Crippen LogP contribution in [-0.2, 0) is 4.79 Å². The monoisotopic (exact) mass is 360 g/mol. The molecule has 1 aromatic carbocycles. The van der Waals surface area contributed by atoms with Crippen LogP contribution in [-0.4, -0.2) is 34.7 Å². The summed E-state index contributed by atoms with van der Waals surface area (Å²) in [6.07, 6.45) is 0.258. The summed E-state index contributed by atoms with van der Waals surface area (Å²) in [5, 5.41) is 22.7. The summed E-state index contributed by atoms with van der Waals surface area (Å²) in [6.45, 7) is 3.85. The normalized spacial score (nSPS) is 12.2. The number of hydrogen-bond acceptors (Lipinski definition) is 5. The molecule has 0 saturated carbocycles. The van der Waals surface area contributed by atoms with Crippen molar-refractivity contribution in [1.82, 2.24) is 5.32 Å². The van der Waals surface area contributed by atoms with E-state index in [0.29, 0.717) is 10.2 Å². The van der Waals surface area contributed by atoms with Gasteiger partial charge >= 0.3 is 5.97 Å². The molecule has 1 unspecified atom stereocenters. The molecule has 1 rings (SSSR count). The van der Waals surface area contributed by atoms with Crippen LogP contribution in [0.4, 0.5) is 5.69 Å². The Morgan fingerprint density at radius 3 is 2.67 bits per heavy atom. The number of nitro groups is 1. The summed E-state index contributed by atoms with van der Waals surface area (Å²) in [5.41, 5.74) is -0.0885. The van der Waals surface area contributed by atoms with Crippen LogP contribution in [0.5, 0.6) is 5.75 Å². The summed E-state index contributed by atoms with van der Waals surface area (Å²) in [4.78, 5) is 21.3. The second kappa shape index (κ2) is 7.94. The molecule has 0 bridgehead atoms. The Labute approximate surface area is 130 Å². The molecule has 7 nitrogen and oxygen atoms in total. The molecule has 0 aromatic heterocycles. The quantitative estimate of drug-likeness (QED) is 0.545. The number of aliphatic carboxylic acids is 1. The van der Waals surface area contributed by atoms with Gasteiger partial charge in [-0.2, -0.15) is 0 Å². The van der Waals surface area contributed by atoms with Gasteiger partial charge in [0.05, 0.1) is 17.6 Å². The number of rotatable bonds is 8. The van der Waals surface area contributed by atoms with Gasteiger partial charge in [-0.1, -0.05) is 29.8 Å². The molecule has 2 N–H and O–H groups in total. The van der Waals surface area contributed by atoms with Crippen LogP contribution in [0, 0.1) is 10.1 Å². The van der Waals surface area contributed by atoms with Gasteiger partial charge in [0.25, 0.3) is 5.69 Å². The van der Waals surface area contributed by atoms with Crippen LogP contribution in [0.25, 0.3) is 0 Å². The Hall–Kier alpha value is -1.67. The van der Waals surface area contributed by atoms with Crippen LogP contribution in [0.15, 0.2) is 22.7 Å². The zero-order valence-electron chi connectivity index (χ0n) is 11.7. The van der Waals surface area contributed by atoms with Gasteiger partial charge in [0.1, 0.15) is 11.8 Å². The van der Waals surface area contributed by atoms with Gasteiger partial charge in [0.15, 0.2) is 0 Å². The van der Waals surface area contributed by atoms with Crippen molar-refractivity contribution in [2.24, 2.45) is 0 Å². The third-order valence-corrected chi connectivity index (χ3v) is 3.03. The van der Waals surface area contributed by atoms with Gasteiger partial charge < -0.3 is 15.2 Å². The highest BCUT2D eigenvalue weighted by atomic mass is 79.9. The highest BCUT2D eigenvalue weighted by molar-refractivity contribution is 9.10. The molecule has 0 amide bonds. The molecule has 0 radical (unpaired) electrons. The summed E-state index contributed by atoms with van der Waals surface area (Å²) >= 11 is 3.17. The number of nitrogens with zero attached hydrogens (tertiary/aromatic N) is 1.